The van der Waals surface area contributed by atoms with Crippen molar-refractivity contribution in [1.82, 2.24) is 4.90 Å². The summed E-state index contributed by atoms with van der Waals surface area (Å²) in [5, 5.41) is 0.991. The van der Waals surface area contributed by atoms with E-state index in [1.165, 1.54) is 12.5 Å². The van der Waals surface area contributed by atoms with Gasteiger partial charge in [0.25, 0.3) is 0 Å². The van der Waals surface area contributed by atoms with E-state index >= 15 is 0 Å². The molecule has 1 aromatic rings. The molecule has 0 N–H and O–H groups in total. The second kappa shape index (κ2) is 5.81. The number of nitrogens with zero attached hydrogens (tertiary/aromatic N) is 1. The van der Waals surface area contributed by atoms with Crippen molar-refractivity contribution in [1.29, 1.82) is 0 Å². The summed E-state index contributed by atoms with van der Waals surface area (Å²) >= 11 is 6.91. The third-order valence-electron chi connectivity index (χ3n) is 3.46. The predicted molar refractivity (Wildman–Crippen MR) is 75.9 cm³/mol. The van der Waals surface area contributed by atoms with Crippen LogP contribution >= 0.6 is 31.9 Å². The fraction of sp³-hybridized carbons (Fsp3) is 0.538. The van der Waals surface area contributed by atoms with Crippen LogP contribution in [0.2, 0.25) is 0 Å². The van der Waals surface area contributed by atoms with Gasteiger partial charge in [-0.1, -0.05) is 38.8 Å². The Morgan fingerprint density at radius 2 is 2.18 bits per heavy atom. The molecule has 4 heteroatoms. The second-order valence-electron chi connectivity index (χ2n) is 4.74. The van der Waals surface area contributed by atoms with Crippen LogP contribution in [-0.2, 0) is 6.54 Å². The quantitative estimate of drug-likeness (QED) is 0.726. The molecule has 0 radical (unpaired) electrons. The van der Waals surface area contributed by atoms with Crippen molar-refractivity contribution < 1.29 is 4.39 Å². The molecule has 2 unspecified atom stereocenters. The van der Waals surface area contributed by atoms with Crippen LogP contribution in [0.5, 0.6) is 0 Å². The van der Waals surface area contributed by atoms with Gasteiger partial charge in [-0.05, 0) is 42.6 Å². The van der Waals surface area contributed by atoms with Crippen molar-refractivity contribution in [2.24, 2.45) is 5.92 Å². The van der Waals surface area contributed by atoms with Gasteiger partial charge in [0.2, 0.25) is 0 Å². The van der Waals surface area contributed by atoms with Crippen LogP contribution in [0, 0.1) is 11.7 Å². The molecule has 2 rings (SSSR count). The van der Waals surface area contributed by atoms with Gasteiger partial charge in [0.1, 0.15) is 5.82 Å². The van der Waals surface area contributed by atoms with E-state index in [4.69, 9.17) is 0 Å². The minimum atomic E-state index is -0.169. The molecular formula is C13H16Br2FN. The first-order valence-corrected chi connectivity index (χ1v) is 7.76. The molecule has 17 heavy (non-hydrogen) atoms. The summed E-state index contributed by atoms with van der Waals surface area (Å²) in [6.45, 7) is 4.22. The first-order chi connectivity index (χ1) is 8.10. The molecule has 1 fully saturated rings. The lowest BCUT2D eigenvalue weighted by Crippen LogP contribution is -2.32. The van der Waals surface area contributed by atoms with E-state index in [2.05, 4.69) is 43.7 Å². The number of hydrogen-bond donors (Lipinski definition) is 0. The largest absolute Gasteiger partial charge is 0.295 e. The van der Waals surface area contributed by atoms with Gasteiger partial charge in [0, 0.05) is 22.4 Å². The van der Waals surface area contributed by atoms with Crippen LogP contribution in [0.4, 0.5) is 4.39 Å². The zero-order valence-electron chi connectivity index (χ0n) is 9.80. The zero-order chi connectivity index (χ0) is 12.4. The van der Waals surface area contributed by atoms with Crippen LogP contribution in [0.3, 0.4) is 0 Å². The first-order valence-electron chi connectivity index (χ1n) is 5.85. The lowest BCUT2D eigenvalue weighted by Gasteiger charge is -2.25. The topological polar surface area (TPSA) is 3.24 Å². The summed E-state index contributed by atoms with van der Waals surface area (Å²) in [5.74, 6) is 0.545. The maximum Gasteiger partial charge on any atom is 0.124 e. The maximum absolute atomic E-state index is 13.3. The molecule has 1 aliphatic rings. The first kappa shape index (κ1) is 13.5. The lowest BCUT2D eigenvalue weighted by molar-refractivity contribution is 0.244. The molecule has 0 amide bonds. The van der Waals surface area contributed by atoms with Crippen molar-refractivity contribution in [2.75, 3.05) is 11.9 Å². The summed E-state index contributed by atoms with van der Waals surface area (Å²) in [7, 11) is 0. The van der Waals surface area contributed by atoms with Crippen LogP contribution < -0.4 is 0 Å². The van der Waals surface area contributed by atoms with E-state index in [1.807, 2.05) is 6.07 Å². The smallest absolute Gasteiger partial charge is 0.124 e. The monoisotopic (exact) mass is 363 g/mol. The summed E-state index contributed by atoms with van der Waals surface area (Å²) in [6.07, 6.45) is 1.23. The summed E-state index contributed by atoms with van der Waals surface area (Å²) in [4.78, 5) is 2.43. The Labute approximate surface area is 119 Å². The fourth-order valence-corrected chi connectivity index (χ4v) is 4.03. The van der Waals surface area contributed by atoms with E-state index in [0.29, 0.717) is 12.0 Å². The Kier molecular flexibility index (Phi) is 4.61. The van der Waals surface area contributed by atoms with Crippen LogP contribution in [0.1, 0.15) is 18.9 Å². The highest BCUT2D eigenvalue weighted by Crippen LogP contribution is 2.27. The number of alkyl halides is 1. The van der Waals surface area contributed by atoms with Gasteiger partial charge in [-0.3, -0.25) is 4.90 Å². The van der Waals surface area contributed by atoms with Crippen LogP contribution in [0.25, 0.3) is 0 Å². The van der Waals surface area contributed by atoms with E-state index in [-0.39, 0.29) is 5.82 Å². The number of likely N-dealkylation sites (tertiary alicyclic amines) is 1. The molecule has 1 heterocycles. The highest BCUT2D eigenvalue weighted by Gasteiger charge is 2.29. The molecule has 1 aliphatic heterocycles. The fourth-order valence-electron chi connectivity index (χ4n) is 2.47. The number of hydrogen-bond acceptors (Lipinski definition) is 1. The van der Waals surface area contributed by atoms with E-state index in [0.717, 1.165) is 28.5 Å². The van der Waals surface area contributed by atoms with Crippen molar-refractivity contribution in [2.45, 2.75) is 25.9 Å². The third-order valence-corrected chi connectivity index (χ3v) is 4.58. The molecule has 1 aromatic carbocycles. The predicted octanol–water partition coefficient (Wildman–Crippen LogP) is 4.19. The second-order valence-corrected chi connectivity index (χ2v) is 6.30. The Balaban J connectivity index is 2.10. The van der Waals surface area contributed by atoms with E-state index < -0.39 is 0 Å². The van der Waals surface area contributed by atoms with E-state index in [9.17, 15) is 4.39 Å². The standard InChI is InChI=1S/C13H16Br2FN/c1-9-2-3-17(13(9)7-14)8-10-4-11(15)6-12(16)5-10/h4-6,9,13H,2-3,7-8H2,1H3. The highest BCUT2D eigenvalue weighted by atomic mass is 79.9. The van der Waals surface area contributed by atoms with Gasteiger partial charge in [-0.25, -0.2) is 4.39 Å². The summed E-state index contributed by atoms with van der Waals surface area (Å²) in [6, 6.07) is 5.69. The van der Waals surface area contributed by atoms with Gasteiger partial charge in [0.05, 0.1) is 0 Å². The van der Waals surface area contributed by atoms with Crippen LogP contribution in [-0.4, -0.2) is 22.8 Å². The number of rotatable bonds is 3. The average molecular weight is 365 g/mol. The highest BCUT2D eigenvalue weighted by molar-refractivity contribution is 9.10. The van der Waals surface area contributed by atoms with Crippen molar-refractivity contribution in [3.8, 4) is 0 Å². The summed E-state index contributed by atoms with van der Waals surface area (Å²) in [5.41, 5.74) is 1.04. The molecule has 0 saturated carbocycles. The van der Waals surface area contributed by atoms with E-state index in [1.54, 1.807) is 6.07 Å². The molecular weight excluding hydrogens is 349 g/mol. The molecule has 1 nitrogen and oxygen atoms in total. The SMILES string of the molecule is CC1CCN(Cc2cc(F)cc(Br)c2)C1CBr. The minimum absolute atomic E-state index is 0.169. The average Bonchev–Trinajstić information content (AvgIpc) is 2.57. The normalized spacial score (nSPS) is 25.4. The van der Waals surface area contributed by atoms with Gasteiger partial charge in [-0.2, -0.15) is 0 Å². The van der Waals surface area contributed by atoms with Crippen LogP contribution in [0.15, 0.2) is 22.7 Å². The molecule has 1 saturated heterocycles. The third kappa shape index (κ3) is 3.30. The maximum atomic E-state index is 13.3. The summed E-state index contributed by atoms with van der Waals surface area (Å²) < 4.78 is 14.1. The zero-order valence-corrected chi connectivity index (χ0v) is 13.0. The van der Waals surface area contributed by atoms with Gasteiger partial charge < -0.3 is 0 Å². The molecule has 2 atom stereocenters. The lowest BCUT2D eigenvalue weighted by atomic mass is 10.0. The van der Waals surface area contributed by atoms with Crippen molar-refractivity contribution >= 4 is 31.9 Å². The molecule has 0 spiro atoms. The van der Waals surface area contributed by atoms with Gasteiger partial charge in [0.15, 0.2) is 0 Å². The van der Waals surface area contributed by atoms with Gasteiger partial charge >= 0.3 is 0 Å². The van der Waals surface area contributed by atoms with Crippen molar-refractivity contribution in [3.05, 3.63) is 34.1 Å². The number of benzene rings is 1. The Morgan fingerprint density at radius 1 is 1.41 bits per heavy atom. The van der Waals surface area contributed by atoms with Crippen molar-refractivity contribution in [3.63, 3.8) is 0 Å². The van der Waals surface area contributed by atoms with Gasteiger partial charge in [-0.15, -0.1) is 0 Å². The molecule has 0 bridgehead atoms. The number of halogens is 3. The Bertz CT molecular complexity index is 377. The Morgan fingerprint density at radius 3 is 2.82 bits per heavy atom. The molecule has 0 aliphatic carbocycles. The molecule has 0 aromatic heterocycles. The Hall–Kier alpha value is 0.0700. The molecule has 94 valence electrons. The minimum Gasteiger partial charge on any atom is -0.295 e.